The molecule has 0 aromatic carbocycles. The van der Waals surface area contributed by atoms with Gasteiger partial charge in [-0.1, -0.05) is 13.8 Å². The summed E-state index contributed by atoms with van der Waals surface area (Å²) in [5.41, 5.74) is 4.88. The van der Waals surface area contributed by atoms with Gasteiger partial charge in [0.15, 0.2) is 5.89 Å². The third kappa shape index (κ3) is 4.55. The molecule has 0 saturated heterocycles. The highest BCUT2D eigenvalue weighted by Crippen LogP contribution is 2.24. The molecule has 0 aliphatic rings. The number of pyridine rings is 2. The van der Waals surface area contributed by atoms with Crippen molar-refractivity contribution in [2.24, 2.45) is 0 Å². The van der Waals surface area contributed by atoms with Crippen molar-refractivity contribution in [3.8, 4) is 22.8 Å². The van der Waals surface area contributed by atoms with E-state index in [1.165, 1.54) is 0 Å². The van der Waals surface area contributed by atoms with Crippen LogP contribution < -0.4 is 10.3 Å². The van der Waals surface area contributed by atoms with Gasteiger partial charge in [0.1, 0.15) is 30.1 Å². The summed E-state index contributed by atoms with van der Waals surface area (Å²) < 4.78 is 12.7. The predicted molar refractivity (Wildman–Crippen MR) is 125 cm³/mol. The van der Waals surface area contributed by atoms with Crippen LogP contribution in [0.25, 0.3) is 17.1 Å². The minimum Gasteiger partial charge on any atom is -0.487 e. The van der Waals surface area contributed by atoms with Crippen molar-refractivity contribution >= 4 is 0 Å². The molecule has 170 valence electrons. The summed E-state index contributed by atoms with van der Waals surface area (Å²) in [6.45, 7) is 11.7. The number of hydrogen-bond acceptors (Lipinski definition) is 7. The van der Waals surface area contributed by atoms with Gasteiger partial charge < -0.3 is 9.15 Å². The lowest BCUT2D eigenvalue weighted by molar-refractivity contribution is 0.297. The van der Waals surface area contributed by atoms with Crippen LogP contribution in [0.4, 0.5) is 0 Å². The second-order valence-corrected chi connectivity index (χ2v) is 8.38. The molecule has 0 unspecified atom stereocenters. The zero-order chi connectivity index (χ0) is 23.7. The monoisotopic (exact) mass is 445 g/mol. The molecule has 0 fully saturated rings. The van der Waals surface area contributed by atoms with E-state index in [9.17, 15) is 4.79 Å². The van der Waals surface area contributed by atoms with Crippen LogP contribution in [-0.2, 0) is 6.61 Å². The molecule has 8 nitrogen and oxygen atoms in total. The van der Waals surface area contributed by atoms with Crippen LogP contribution in [0.1, 0.15) is 54.0 Å². The first-order valence-electron chi connectivity index (χ1n) is 10.8. The van der Waals surface area contributed by atoms with Gasteiger partial charge >= 0.3 is 0 Å². The first-order valence-corrected chi connectivity index (χ1v) is 10.8. The molecule has 0 spiro atoms. The number of ether oxygens (including phenoxy) is 1. The fraction of sp³-hybridized carbons (Fsp3) is 0.320. The molecular weight excluding hydrogens is 418 g/mol. The van der Waals surface area contributed by atoms with Crippen LogP contribution in [0.3, 0.4) is 0 Å². The van der Waals surface area contributed by atoms with Crippen LogP contribution >= 0.6 is 0 Å². The van der Waals surface area contributed by atoms with Crippen molar-refractivity contribution in [3.05, 3.63) is 81.4 Å². The Morgan fingerprint density at radius 1 is 1.09 bits per heavy atom. The minimum absolute atomic E-state index is 0.152. The SMILES string of the molecule is Cc1nc(COc2cc(C)n(-c3ccnc(-c4nc(C(C)C)ncc4C)c3)c(=O)c2C)co1. The van der Waals surface area contributed by atoms with Crippen LogP contribution in [-0.4, -0.2) is 24.5 Å². The lowest BCUT2D eigenvalue weighted by atomic mass is 10.1. The maximum absolute atomic E-state index is 13.3. The van der Waals surface area contributed by atoms with E-state index in [4.69, 9.17) is 14.1 Å². The lowest BCUT2D eigenvalue weighted by Gasteiger charge is -2.16. The van der Waals surface area contributed by atoms with Crippen molar-refractivity contribution in [1.29, 1.82) is 0 Å². The van der Waals surface area contributed by atoms with Gasteiger partial charge in [-0.15, -0.1) is 0 Å². The summed E-state index contributed by atoms with van der Waals surface area (Å²) in [5, 5.41) is 0. The minimum atomic E-state index is -0.152. The Morgan fingerprint density at radius 2 is 1.88 bits per heavy atom. The molecule has 0 N–H and O–H groups in total. The fourth-order valence-electron chi connectivity index (χ4n) is 3.57. The lowest BCUT2D eigenvalue weighted by Crippen LogP contribution is -2.23. The van der Waals surface area contributed by atoms with Gasteiger partial charge in [0.2, 0.25) is 0 Å². The largest absolute Gasteiger partial charge is 0.487 e. The average Bonchev–Trinajstić information content (AvgIpc) is 3.21. The number of nitrogens with zero attached hydrogens (tertiary/aromatic N) is 5. The van der Waals surface area contributed by atoms with Crippen molar-refractivity contribution in [2.75, 3.05) is 0 Å². The van der Waals surface area contributed by atoms with Gasteiger partial charge in [-0.3, -0.25) is 14.3 Å². The van der Waals surface area contributed by atoms with Gasteiger partial charge in [0, 0.05) is 37.0 Å². The van der Waals surface area contributed by atoms with Crippen molar-refractivity contribution in [1.82, 2.24) is 24.5 Å². The zero-order valence-corrected chi connectivity index (χ0v) is 19.7. The quantitative estimate of drug-likeness (QED) is 0.427. The molecule has 4 aromatic heterocycles. The topological polar surface area (TPSA) is 95.9 Å². The summed E-state index contributed by atoms with van der Waals surface area (Å²) >= 11 is 0. The van der Waals surface area contributed by atoms with Crippen molar-refractivity contribution in [2.45, 2.75) is 54.1 Å². The van der Waals surface area contributed by atoms with Gasteiger partial charge in [-0.25, -0.2) is 15.0 Å². The first-order chi connectivity index (χ1) is 15.7. The van der Waals surface area contributed by atoms with Crippen LogP contribution in [0.2, 0.25) is 0 Å². The van der Waals surface area contributed by atoms with E-state index in [-0.39, 0.29) is 18.1 Å². The van der Waals surface area contributed by atoms with E-state index in [2.05, 4.69) is 28.8 Å². The first kappa shape index (κ1) is 22.4. The van der Waals surface area contributed by atoms with Crippen LogP contribution in [0, 0.1) is 27.7 Å². The fourth-order valence-corrected chi connectivity index (χ4v) is 3.57. The Kier molecular flexibility index (Phi) is 6.09. The highest BCUT2D eigenvalue weighted by atomic mass is 16.5. The third-order valence-corrected chi connectivity index (χ3v) is 5.38. The Balaban J connectivity index is 1.71. The highest BCUT2D eigenvalue weighted by Gasteiger charge is 2.15. The Labute approximate surface area is 192 Å². The molecule has 0 saturated carbocycles. The number of aromatic nitrogens is 5. The summed E-state index contributed by atoms with van der Waals surface area (Å²) in [6.07, 6.45) is 5.06. The molecule has 0 aliphatic carbocycles. The second-order valence-electron chi connectivity index (χ2n) is 8.38. The van der Waals surface area contributed by atoms with E-state index in [1.54, 1.807) is 30.9 Å². The number of rotatable bonds is 6. The molecule has 8 heteroatoms. The number of aryl methyl sites for hydroxylation is 3. The number of hydrogen-bond donors (Lipinski definition) is 0. The second kappa shape index (κ2) is 8.97. The summed E-state index contributed by atoms with van der Waals surface area (Å²) in [6, 6.07) is 5.55. The molecular formula is C25H27N5O3. The molecule has 0 amide bonds. The molecule has 4 heterocycles. The molecule has 0 atom stereocenters. The third-order valence-electron chi connectivity index (χ3n) is 5.38. The van der Waals surface area contributed by atoms with Gasteiger partial charge in [0.25, 0.3) is 5.56 Å². The smallest absolute Gasteiger partial charge is 0.261 e. The van der Waals surface area contributed by atoms with Gasteiger partial charge in [0.05, 0.1) is 22.6 Å². The standard InChI is InChI=1S/C25H27N5O3/c1-14(2)24-27-11-15(3)23(29-24)21-10-20(7-8-26-21)30-16(4)9-22(17(5)25(30)31)33-13-19-12-32-18(6)28-19/h7-12,14H,13H2,1-6H3. The maximum atomic E-state index is 13.3. The molecule has 4 aromatic rings. The Morgan fingerprint density at radius 3 is 2.58 bits per heavy atom. The molecule has 0 aliphatic heterocycles. The van der Waals surface area contributed by atoms with E-state index >= 15 is 0 Å². The van der Waals surface area contributed by atoms with Crippen LogP contribution in [0.15, 0.2) is 46.1 Å². The molecule has 0 bridgehead atoms. The summed E-state index contributed by atoms with van der Waals surface area (Å²) in [5.74, 6) is 2.06. The number of oxazole rings is 1. The molecule has 33 heavy (non-hydrogen) atoms. The van der Waals surface area contributed by atoms with Gasteiger partial charge in [-0.2, -0.15) is 0 Å². The zero-order valence-electron chi connectivity index (χ0n) is 19.7. The van der Waals surface area contributed by atoms with E-state index in [1.807, 2.05) is 38.2 Å². The predicted octanol–water partition coefficient (Wildman–Crippen LogP) is 4.61. The molecule has 0 radical (unpaired) electrons. The normalized spacial score (nSPS) is 11.2. The summed E-state index contributed by atoms with van der Waals surface area (Å²) in [4.78, 5) is 31.2. The van der Waals surface area contributed by atoms with E-state index < -0.39 is 0 Å². The maximum Gasteiger partial charge on any atom is 0.261 e. The average molecular weight is 446 g/mol. The molecule has 4 rings (SSSR count). The van der Waals surface area contributed by atoms with Crippen molar-refractivity contribution < 1.29 is 9.15 Å². The summed E-state index contributed by atoms with van der Waals surface area (Å²) in [7, 11) is 0. The highest BCUT2D eigenvalue weighted by molar-refractivity contribution is 5.61. The van der Waals surface area contributed by atoms with E-state index in [0.29, 0.717) is 34.3 Å². The Hall–Kier alpha value is -3.81. The Bertz CT molecular complexity index is 1370. The van der Waals surface area contributed by atoms with Crippen molar-refractivity contribution in [3.63, 3.8) is 0 Å². The van der Waals surface area contributed by atoms with Gasteiger partial charge in [-0.05, 0) is 38.5 Å². The van der Waals surface area contributed by atoms with E-state index in [0.717, 1.165) is 22.8 Å². The van der Waals surface area contributed by atoms with Crippen LogP contribution in [0.5, 0.6) is 5.75 Å².